The average molecular weight is 259 g/mol. The molecule has 1 aromatic carbocycles. The highest BCUT2D eigenvalue weighted by atomic mass is 19.3. The lowest BCUT2D eigenvalue weighted by atomic mass is 10.1. The first-order valence-electron chi connectivity index (χ1n) is 4.92. The van der Waals surface area contributed by atoms with Crippen molar-refractivity contribution in [3.63, 3.8) is 0 Å². The number of carboxylic acids is 1. The van der Waals surface area contributed by atoms with Crippen molar-refractivity contribution in [2.45, 2.75) is 13.5 Å². The van der Waals surface area contributed by atoms with Gasteiger partial charge in [0.05, 0.1) is 5.71 Å². The molecule has 0 bridgehead atoms. The van der Waals surface area contributed by atoms with Crippen LogP contribution in [-0.4, -0.2) is 30.0 Å². The fraction of sp³-hybridized carbons (Fsp3) is 0.273. The highest BCUT2D eigenvalue weighted by molar-refractivity contribution is 5.98. The Bertz CT molecular complexity index is 448. The number of nitrogens with zero attached hydrogens (tertiary/aromatic N) is 1. The van der Waals surface area contributed by atoms with E-state index in [0.29, 0.717) is 11.3 Å². The zero-order chi connectivity index (χ0) is 13.5. The van der Waals surface area contributed by atoms with E-state index >= 15 is 0 Å². The first-order chi connectivity index (χ1) is 8.49. The summed E-state index contributed by atoms with van der Waals surface area (Å²) in [5.41, 5.74) is 0.856. The van der Waals surface area contributed by atoms with Crippen LogP contribution in [0.15, 0.2) is 29.4 Å². The standard InChI is InChI=1S/C11H11F2NO4/c1-7(14-17-6-10(15)16)8-3-2-4-9(5-8)18-11(12)13/h2-5,11H,6H2,1H3,(H,15,16). The minimum absolute atomic E-state index is 0.00437. The SMILES string of the molecule is CC(=NOCC(=O)O)c1cccc(OC(F)F)c1. The number of oxime groups is 1. The van der Waals surface area contributed by atoms with Crippen LogP contribution in [0.25, 0.3) is 0 Å². The smallest absolute Gasteiger partial charge is 0.387 e. The van der Waals surface area contributed by atoms with Gasteiger partial charge in [-0.3, -0.25) is 0 Å². The molecule has 0 aliphatic rings. The van der Waals surface area contributed by atoms with Gasteiger partial charge < -0.3 is 14.7 Å². The normalized spacial score (nSPS) is 11.4. The molecule has 1 aromatic rings. The monoisotopic (exact) mass is 259 g/mol. The van der Waals surface area contributed by atoms with Crippen LogP contribution in [0.2, 0.25) is 0 Å². The van der Waals surface area contributed by atoms with Gasteiger partial charge in [0.25, 0.3) is 0 Å². The number of hydrogen-bond donors (Lipinski definition) is 1. The van der Waals surface area contributed by atoms with E-state index in [0.717, 1.165) is 0 Å². The Morgan fingerprint density at radius 1 is 1.50 bits per heavy atom. The van der Waals surface area contributed by atoms with Crippen molar-refractivity contribution in [3.05, 3.63) is 29.8 Å². The lowest BCUT2D eigenvalue weighted by Gasteiger charge is -2.06. The maximum Gasteiger partial charge on any atom is 0.387 e. The number of carbonyl (C=O) groups is 1. The molecule has 0 aliphatic carbocycles. The highest BCUT2D eigenvalue weighted by Gasteiger charge is 2.06. The average Bonchev–Trinajstić information content (AvgIpc) is 2.27. The fourth-order valence-electron chi connectivity index (χ4n) is 1.13. The van der Waals surface area contributed by atoms with E-state index in [1.807, 2.05) is 0 Å². The van der Waals surface area contributed by atoms with E-state index in [4.69, 9.17) is 5.11 Å². The molecule has 1 rings (SSSR count). The van der Waals surface area contributed by atoms with E-state index < -0.39 is 19.2 Å². The second-order valence-corrected chi connectivity index (χ2v) is 3.25. The van der Waals surface area contributed by atoms with Crippen LogP contribution < -0.4 is 4.74 Å². The third-order valence-corrected chi connectivity index (χ3v) is 1.87. The van der Waals surface area contributed by atoms with Gasteiger partial charge in [0.15, 0.2) is 0 Å². The van der Waals surface area contributed by atoms with Crippen LogP contribution in [0, 0.1) is 0 Å². The number of benzene rings is 1. The van der Waals surface area contributed by atoms with Gasteiger partial charge in [-0.1, -0.05) is 17.3 Å². The predicted octanol–water partition coefficient (Wildman–Crippen LogP) is 2.11. The number of carboxylic acid groups (broad SMARTS) is 1. The van der Waals surface area contributed by atoms with Gasteiger partial charge in [-0.2, -0.15) is 8.78 Å². The van der Waals surface area contributed by atoms with E-state index in [1.54, 1.807) is 13.0 Å². The van der Waals surface area contributed by atoms with Crippen molar-refractivity contribution in [3.8, 4) is 5.75 Å². The molecule has 0 aromatic heterocycles. The molecule has 0 spiro atoms. The van der Waals surface area contributed by atoms with E-state index in [9.17, 15) is 13.6 Å². The summed E-state index contributed by atoms with van der Waals surface area (Å²) in [7, 11) is 0. The van der Waals surface area contributed by atoms with E-state index in [-0.39, 0.29) is 5.75 Å². The Hall–Kier alpha value is -2.18. The summed E-state index contributed by atoms with van der Waals surface area (Å²) >= 11 is 0. The number of rotatable bonds is 6. The molecule has 7 heteroatoms. The molecule has 0 amide bonds. The summed E-state index contributed by atoms with van der Waals surface area (Å²) in [6.07, 6.45) is 0. The Labute approximate surface area is 102 Å². The molecule has 0 saturated carbocycles. The van der Waals surface area contributed by atoms with E-state index in [1.165, 1.54) is 18.2 Å². The summed E-state index contributed by atoms with van der Waals surface area (Å²) in [5, 5.41) is 11.9. The van der Waals surface area contributed by atoms with Crippen LogP contribution in [-0.2, 0) is 9.63 Å². The Balaban J connectivity index is 2.73. The van der Waals surface area contributed by atoms with Crippen molar-refractivity contribution >= 4 is 11.7 Å². The molecule has 0 atom stereocenters. The van der Waals surface area contributed by atoms with Gasteiger partial charge in [-0.15, -0.1) is 0 Å². The third kappa shape index (κ3) is 4.77. The molecule has 18 heavy (non-hydrogen) atoms. The molecule has 0 radical (unpaired) electrons. The lowest BCUT2D eigenvalue weighted by Crippen LogP contribution is -2.06. The molecule has 0 fully saturated rings. The van der Waals surface area contributed by atoms with Crippen LogP contribution in [0.4, 0.5) is 8.78 Å². The number of ether oxygens (including phenoxy) is 1. The molecular formula is C11H11F2NO4. The Kier molecular flexibility index (Phi) is 5.04. The number of aliphatic carboxylic acids is 1. The van der Waals surface area contributed by atoms with Crippen LogP contribution in [0.5, 0.6) is 5.75 Å². The van der Waals surface area contributed by atoms with Crippen molar-refractivity contribution in [2.24, 2.45) is 5.16 Å². The van der Waals surface area contributed by atoms with Gasteiger partial charge in [-0.25, -0.2) is 4.79 Å². The molecule has 0 heterocycles. The number of hydrogen-bond acceptors (Lipinski definition) is 4. The Morgan fingerprint density at radius 2 is 2.22 bits per heavy atom. The quantitative estimate of drug-likeness (QED) is 0.627. The zero-order valence-electron chi connectivity index (χ0n) is 9.47. The third-order valence-electron chi connectivity index (χ3n) is 1.87. The maximum absolute atomic E-state index is 12.0. The molecular weight excluding hydrogens is 248 g/mol. The van der Waals surface area contributed by atoms with Gasteiger partial charge in [0, 0.05) is 5.56 Å². The largest absolute Gasteiger partial charge is 0.479 e. The van der Waals surface area contributed by atoms with Gasteiger partial charge in [0.1, 0.15) is 5.75 Å². The van der Waals surface area contributed by atoms with E-state index in [2.05, 4.69) is 14.7 Å². The zero-order valence-corrected chi connectivity index (χ0v) is 9.47. The summed E-state index contributed by atoms with van der Waals surface area (Å²) in [5.74, 6) is -1.16. The number of halogens is 2. The molecule has 0 saturated heterocycles. The van der Waals surface area contributed by atoms with Crippen molar-refractivity contribution in [1.29, 1.82) is 0 Å². The second-order valence-electron chi connectivity index (χ2n) is 3.25. The summed E-state index contributed by atoms with van der Waals surface area (Å²) in [6, 6.07) is 5.86. The van der Waals surface area contributed by atoms with Crippen LogP contribution >= 0.6 is 0 Å². The van der Waals surface area contributed by atoms with Crippen LogP contribution in [0.3, 0.4) is 0 Å². The first-order valence-corrected chi connectivity index (χ1v) is 4.92. The minimum Gasteiger partial charge on any atom is -0.479 e. The summed E-state index contributed by atoms with van der Waals surface area (Å²) in [6.45, 7) is -1.91. The van der Waals surface area contributed by atoms with Crippen molar-refractivity contribution in [1.82, 2.24) is 0 Å². The van der Waals surface area contributed by atoms with Gasteiger partial charge >= 0.3 is 12.6 Å². The van der Waals surface area contributed by atoms with Crippen LogP contribution in [0.1, 0.15) is 12.5 Å². The second kappa shape index (κ2) is 6.53. The van der Waals surface area contributed by atoms with Gasteiger partial charge in [0.2, 0.25) is 6.61 Å². The Morgan fingerprint density at radius 3 is 2.83 bits per heavy atom. The number of alkyl halides is 2. The first kappa shape index (κ1) is 13.9. The fourth-order valence-corrected chi connectivity index (χ4v) is 1.13. The molecule has 1 N–H and O–H groups in total. The highest BCUT2D eigenvalue weighted by Crippen LogP contribution is 2.16. The van der Waals surface area contributed by atoms with Crippen molar-refractivity contribution < 1.29 is 28.3 Å². The maximum atomic E-state index is 12.0. The summed E-state index contributed by atoms with van der Waals surface area (Å²) < 4.78 is 28.2. The molecule has 5 nitrogen and oxygen atoms in total. The summed E-state index contributed by atoms with van der Waals surface area (Å²) in [4.78, 5) is 14.7. The lowest BCUT2D eigenvalue weighted by molar-refractivity contribution is -0.142. The molecule has 0 unspecified atom stereocenters. The minimum atomic E-state index is -2.90. The topological polar surface area (TPSA) is 68.1 Å². The van der Waals surface area contributed by atoms with Gasteiger partial charge in [-0.05, 0) is 19.1 Å². The molecule has 98 valence electrons. The molecule has 0 aliphatic heterocycles. The predicted molar refractivity (Wildman–Crippen MR) is 58.9 cm³/mol. The van der Waals surface area contributed by atoms with Crippen molar-refractivity contribution in [2.75, 3.05) is 6.61 Å².